The highest BCUT2D eigenvalue weighted by molar-refractivity contribution is 7.89. The molecule has 0 unspecified atom stereocenters. The number of halogens is 1. The van der Waals surface area contributed by atoms with Gasteiger partial charge in [0, 0.05) is 28.6 Å². The maximum Gasteiger partial charge on any atom is 0.266 e. The zero-order valence-corrected chi connectivity index (χ0v) is 21.3. The van der Waals surface area contributed by atoms with E-state index in [-0.39, 0.29) is 17.3 Å². The van der Waals surface area contributed by atoms with Gasteiger partial charge < -0.3 is 10.6 Å². The van der Waals surface area contributed by atoms with Crippen molar-refractivity contribution >= 4 is 44.8 Å². The maximum absolute atomic E-state index is 13.3. The molecule has 1 fully saturated rings. The molecule has 2 amide bonds. The fourth-order valence-electron chi connectivity index (χ4n) is 3.94. The van der Waals surface area contributed by atoms with E-state index in [2.05, 4.69) is 10.6 Å². The van der Waals surface area contributed by atoms with Crippen LogP contribution >= 0.6 is 22.9 Å². The molecule has 1 atom stereocenters. The number of sulfonamides is 1. The Hall–Kier alpha value is -2.72. The van der Waals surface area contributed by atoms with Gasteiger partial charge in [-0.1, -0.05) is 29.8 Å². The monoisotopic (exact) mass is 531 g/mol. The third-order valence-corrected chi connectivity index (χ3v) is 8.90. The summed E-state index contributed by atoms with van der Waals surface area (Å²) in [4.78, 5) is 26.6. The van der Waals surface area contributed by atoms with Crippen LogP contribution in [0.4, 0.5) is 0 Å². The molecule has 0 bridgehead atoms. The standard InChI is InChI=1S/C25H26ClN3O4S2/c26-20-9-11-21(12-10-20)35(32,33)29-14-5-4-8-22(25(29)31)27-16-19-13-15-34-23(19)17-28-24(30)18-6-2-1-3-7-18/h1-3,6-7,9-13,15,22,27H,4-5,8,14,16-17H2,(H,28,30)/t22-/m1/s1. The largest absolute Gasteiger partial charge is 0.347 e. The van der Waals surface area contributed by atoms with E-state index < -0.39 is 22.0 Å². The van der Waals surface area contributed by atoms with E-state index in [1.165, 1.54) is 35.6 Å². The summed E-state index contributed by atoms with van der Waals surface area (Å²) in [5.41, 5.74) is 1.56. The lowest BCUT2D eigenvalue weighted by atomic mass is 10.1. The van der Waals surface area contributed by atoms with Crippen molar-refractivity contribution in [2.75, 3.05) is 6.54 Å². The molecule has 0 spiro atoms. The minimum Gasteiger partial charge on any atom is -0.347 e. The molecule has 1 saturated heterocycles. The highest BCUT2D eigenvalue weighted by Crippen LogP contribution is 2.24. The Balaban J connectivity index is 1.41. The first-order chi connectivity index (χ1) is 16.9. The smallest absolute Gasteiger partial charge is 0.266 e. The number of nitrogens with one attached hydrogen (secondary N) is 2. The lowest BCUT2D eigenvalue weighted by Crippen LogP contribution is -2.47. The van der Waals surface area contributed by atoms with Crippen molar-refractivity contribution in [3.05, 3.63) is 87.1 Å². The third-order valence-electron chi connectivity index (χ3n) is 5.87. The summed E-state index contributed by atoms with van der Waals surface area (Å²) < 4.78 is 27.3. The van der Waals surface area contributed by atoms with Crippen LogP contribution in [0.2, 0.25) is 5.02 Å². The van der Waals surface area contributed by atoms with Gasteiger partial charge in [0.05, 0.1) is 17.5 Å². The number of carbonyl (C=O) groups excluding carboxylic acids is 2. The average Bonchev–Trinajstić information content (AvgIpc) is 3.23. The zero-order valence-electron chi connectivity index (χ0n) is 18.9. The molecule has 1 aliphatic rings. The molecular formula is C25H26ClN3O4S2. The van der Waals surface area contributed by atoms with Crippen LogP contribution in [-0.4, -0.2) is 37.1 Å². The van der Waals surface area contributed by atoms with Crippen molar-refractivity contribution in [3.63, 3.8) is 0 Å². The maximum atomic E-state index is 13.3. The van der Waals surface area contributed by atoms with Crippen LogP contribution in [0.25, 0.3) is 0 Å². The van der Waals surface area contributed by atoms with Gasteiger partial charge in [0.2, 0.25) is 0 Å². The van der Waals surface area contributed by atoms with Crippen LogP contribution in [-0.2, 0) is 27.9 Å². The molecule has 2 aromatic carbocycles. The predicted octanol–water partition coefficient (Wildman–Crippen LogP) is 4.19. The van der Waals surface area contributed by atoms with Crippen molar-refractivity contribution in [3.8, 4) is 0 Å². The summed E-state index contributed by atoms with van der Waals surface area (Å²) in [6.45, 7) is 0.917. The Kier molecular flexibility index (Phi) is 8.22. The van der Waals surface area contributed by atoms with Gasteiger partial charge in [0.1, 0.15) is 0 Å². The fraction of sp³-hybridized carbons (Fsp3) is 0.280. The van der Waals surface area contributed by atoms with E-state index in [9.17, 15) is 18.0 Å². The lowest BCUT2D eigenvalue weighted by Gasteiger charge is -2.24. The van der Waals surface area contributed by atoms with Gasteiger partial charge >= 0.3 is 0 Å². The third kappa shape index (κ3) is 6.10. The molecule has 1 aromatic heterocycles. The van der Waals surface area contributed by atoms with Gasteiger partial charge in [0.25, 0.3) is 21.8 Å². The number of hydrogen-bond acceptors (Lipinski definition) is 6. The average molecular weight is 532 g/mol. The van der Waals surface area contributed by atoms with Crippen LogP contribution < -0.4 is 10.6 Å². The first-order valence-electron chi connectivity index (χ1n) is 11.3. The van der Waals surface area contributed by atoms with E-state index in [1.807, 2.05) is 29.6 Å². The topological polar surface area (TPSA) is 95.6 Å². The second kappa shape index (κ2) is 11.3. The highest BCUT2D eigenvalue weighted by Gasteiger charge is 2.35. The Morgan fingerprint density at radius 3 is 2.51 bits per heavy atom. The summed E-state index contributed by atoms with van der Waals surface area (Å²) >= 11 is 7.42. The second-order valence-corrected chi connectivity index (χ2v) is 11.5. The molecule has 10 heteroatoms. The second-order valence-electron chi connectivity index (χ2n) is 8.22. The van der Waals surface area contributed by atoms with Gasteiger partial charge in [-0.05, 0) is 72.7 Å². The predicted molar refractivity (Wildman–Crippen MR) is 137 cm³/mol. The first kappa shape index (κ1) is 25.4. The van der Waals surface area contributed by atoms with E-state index in [0.29, 0.717) is 36.5 Å². The molecule has 0 saturated carbocycles. The van der Waals surface area contributed by atoms with Gasteiger partial charge in [-0.3, -0.25) is 9.59 Å². The molecule has 3 aromatic rings. The highest BCUT2D eigenvalue weighted by atomic mass is 35.5. The normalized spacial score (nSPS) is 16.7. The first-order valence-corrected chi connectivity index (χ1v) is 14.0. The minimum atomic E-state index is -3.97. The van der Waals surface area contributed by atoms with Crippen molar-refractivity contribution in [2.45, 2.75) is 43.3 Å². The molecule has 0 radical (unpaired) electrons. The molecular weight excluding hydrogens is 506 g/mol. The van der Waals surface area contributed by atoms with Crippen molar-refractivity contribution in [1.82, 2.24) is 14.9 Å². The Bertz CT molecular complexity index is 1280. The quantitative estimate of drug-likeness (QED) is 0.454. The van der Waals surface area contributed by atoms with Crippen molar-refractivity contribution < 1.29 is 18.0 Å². The molecule has 0 aliphatic carbocycles. The SMILES string of the molecule is O=C(NCc1sccc1CN[C@@H]1CCCCN(S(=O)(=O)c2ccc(Cl)cc2)C1=O)c1ccccc1. The summed E-state index contributed by atoms with van der Waals surface area (Å²) in [5.74, 6) is -0.605. The Labute approximate surface area is 214 Å². The number of rotatable bonds is 8. The van der Waals surface area contributed by atoms with E-state index in [4.69, 9.17) is 11.6 Å². The number of thiophene rings is 1. The molecule has 2 heterocycles. The number of carbonyl (C=O) groups is 2. The summed E-state index contributed by atoms with van der Waals surface area (Å²) in [5, 5.41) is 8.55. The van der Waals surface area contributed by atoms with E-state index in [1.54, 1.807) is 12.1 Å². The van der Waals surface area contributed by atoms with Gasteiger partial charge in [0.15, 0.2) is 0 Å². The molecule has 35 heavy (non-hydrogen) atoms. The van der Waals surface area contributed by atoms with Crippen molar-refractivity contribution in [1.29, 1.82) is 0 Å². The van der Waals surface area contributed by atoms with E-state index >= 15 is 0 Å². The molecule has 4 rings (SSSR count). The summed E-state index contributed by atoms with van der Waals surface area (Å²) in [6.07, 6.45) is 1.89. The van der Waals surface area contributed by atoms with E-state index in [0.717, 1.165) is 21.2 Å². The summed E-state index contributed by atoms with van der Waals surface area (Å²) in [7, 11) is -3.97. The Morgan fingerprint density at radius 2 is 1.77 bits per heavy atom. The summed E-state index contributed by atoms with van der Waals surface area (Å²) in [6, 6.07) is 16.2. The molecule has 7 nitrogen and oxygen atoms in total. The molecule has 2 N–H and O–H groups in total. The van der Waals surface area contributed by atoms with Gasteiger partial charge in [-0.15, -0.1) is 11.3 Å². The fourth-order valence-corrected chi connectivity index (χ4v) is 6.38. The number of amides is 2. The van der Waals surface area contributed by atoms with Crippen LogP contribution in [0.1, 0.15) is 40.1 Å². The zero-order chi connectivity index (χ0) is 24.8. The number of benzene rings is 2. The minimum absolute atomic E-state index is 0.0465. The van der Waals surface area contributed by atoms with Crippen LogP contribution in [0.5, 0.6) is 0 Å². The molecule has 184 valence electrons. The number of nitrogens with zero attached hydrogens (tertiary/aromatic N) is 1. The van der Waals surface area contributed by atoms with Crippen LogP contribution in [0, 0.1) is 0 Å². The van der Waals surface area contributed by atoms with Crippen molar-refractivity contribution in [2.24, 2.45) is 0 Å². The van der Waals surface area contributed by atoms with Crippen LogP contribution in [0.15, 0.2) is 70.9 Å². The van der Waals surface area contributed by atoms with Crippen LogP contribution in [0.3, 0.4) is 0 Å². The van der Waals surface area contributed by atoms with Gasteiger partial charge in [-0.2, -0.15) is 0 Å². The Morgan fingerprint density at radius 1 is 1.03 bits per heavy atom. The van der Waals surface area contributed by atoms with Gasteiger partial charge in [-0.25, -0.2) is 12.7 Å². The number of hydrogen-bond donors (Lipinski definition) is 2. The molecule has 1 aliphatic heterocycles. The lowest BCUT2D eigenvalue weighted by molar-refractivity contribution is -0.128.